The average Bonchev–Trinajstić information content (AvgIpc) is 2.77. The molecule has 0 saturated carbocycles. The lowest BCUT2D eigenvalue weighted by molar-refractivity contribution is 0.414. The first-order chi connectivity index (χ1) is 14.1. The van der Waals surface area contributed by atoms with Gasteiger partial charge in [0.1, 0.15) is 11.5 Å². The van der Waals surface area contributed by atoms with E-state index in [1.807, 2.05) is 73.7 Å². The molecule has 0 radical (unpaired) electrons. The Bertz CT molecular complexity index is 1150. The summed E-state index contributed by atoms with van der Waals surface area (Å²) in [6, 6.07) is 20.8. The SMILES string of the molecule is COc1ccc(C(c2ccc(OC)cc2)n2cnc3c(C)cccc3c2=O)cc1. The fourth-order valence-electron chi connectivity index (χ4n) is 3.58. The predicted molar refractivity (Wildman–Crippen MR) is 114 cm³/mol. The maximum absolute atomic E-state index is 13.4. The zero-order chi connectivity index (χ0) is 20.4. The number of nitrogens with zero attached hydrogens (tertiary/aromatic N) is 2. The number of aromatic nitrogens is 2. The van der Waals surface area contributed by atoms with Gasteiger partial charge in [0.15, 0.2) is 0 Å². The Balaban J connectivity index is 1.93. The van der Waals surface area contributed by atoms with Crippen LogP contribution in [-0.4, -0.2) is 23.8 Å². The van der Waals surface area contributed by atoms with Crippen molar-refractivity contribution in [3.63, 3.8) is 0 Å². The zero-order valence-electron chi connectivity index (χ0n) is 16.6. The Kier molecular flexibility index (Phi) is 5.04. The highest BCUT2D eigenvalue weighted by Crippen LogP contribution is 2.29. The summed E-state index contributed by atoms with van der Waals surface area (Å²) < 4.78 is 12.3. The van der Waals surface area contributed by atoms with Crippen LogP contribution < -0.4 is 15.0 Å². The van der Waals surface area contributed by atoms with Gasteiger partial charge in [-0.2, -0.15) is 0 Å². The van der Waals surface area contributed by atoms with E-state index in [-0.39, 0.29) is 11.6 Å². The van der Waals surface area contributed by atoms with Gasteiger partial charge < -0.3 is 9.47 Å². The quantitative estimate of drug-likeness (QED) is 0.511. The molecule has 3 aromatic carbocycles. The monoisotopic (exact) mass is 386 g/mol. The van der Waals surface area contributed by atoms with Crippen LogP contribution in [0.2, 0.25) is 0 Å². The molecule has 0 aliphatic carbocycles. The average molecular weight is 386 g/mol. The summed E-state index contributed by atoms with van der Waals surface area (Å²) in [7, 11) is 3.27. The van der Waals surface area contributed by atoms with E-state index in [4.69, 9.17) is 9.47 Å². The summed E-state index contributed by atoms with van der Waals surface area (Å²) in [6.07, 6.45) is 1.64. The van der Waals surface area contributed by atoms with E-state index in [2.05, 4.69) is 4.98 Å². The van der Waals surface area contributed by atoms with Crippen LogP contribution in [0.4, 0.5) is 0 Å². The highest BCUT2D eigenvalue weighted by atomic mass is 16.5. The Hall–Kier alpha value is -3.60. The molecule has 0 atom stereocenters. The molecule has 0 aliphatic rings. The van der Waals surface area contributed by atoms with Crippen LogP contribution in [0.5, 0.6) is 11.5 Å². The van der Waals surface area contributed by atoms with Gasteiger partial charge in [-0.05, 0) is 53.9 Å². The van der Waals surface area contributed by atoms with Crippen LogP contribution >= 0.6 is 0 Å². The fourth-order valence-corrected chi connectivity index (χ4v) is 3.58. The summed E-state index contributed by atoms with van der Waals surface area (Å²) in [5.41, 5.74) is 3.57. The molecule has 1 heterocycles. The largest absolute Gasteiger partial charge is 0.497 e. The maximum Gasteiger partial charge on any atom is 0.262 e. The van der Waals surface area contributed by atoms with E-state index in [1.54, 1.807) is 25.1 Å². The normalized spacial score (nSPS) is 11.0. The second-order valence-corrected chi connectivity index (χ2v) is 6.88. The molecule has 0 aliphatic heterocycles. The van der Waals surface area contributed by atoms with Crippen molar-refractivity contribution in [3.8, 4) is 11.5 Å². The summed E-state index contributed by atoms with van der Waals surface area (Å²) in [5, 5.41) is 0.611. The molecular formula is C24H22N2O3. The third-order valence-corrected chi connectivity index (χ3v) is 5.16. The predicted octanol–water partition coefficient (Wildman–Crippen LogP) is 4.36. The lowest BCUT2D eigenvalue weighted by atomic mass is 9.98. The van der Waals surface area contributed by atoms with E-state index in [1.165, 1.54) is 0 Å². The van der Waals surface area contributed by atoms with E-state index >= 15 is 0 Å². The third kappa shape index (κ3) is 3.47. The molecule has 0 spiro atoms. The Morgan fingerprint density at radius 1 is 0.828 bits per heavy atom. The number of para-hydroxylation sites is 1. The summed E-state index contributed by atoms with van der Waals surface area (Å²) >= 11 is 0. The second-order valence-electron chi connectivity index (χ2n) is 6.88. The lowest BCUT2D eigenvalue weighted by Gasteiger charge is -2.22. The standard InChI is InChI=1S/C24H22N2O3/c1-16-5-4-6-21-22(16)25-15-26(24(21)27)23(17-7-11-19(28-2)12-8-17)18-9-13-20(29-3)14-10-18/h4-15,23H,1-3H3. The van der Waals surface area contributed by atoms with E-state index < -0.39 is 0 Å². The lowest BCUT2D eigenvalue weighted by Crippen LogP contribution is -2.27. The van der Waals surface area contributed by atoms with Crippen molar-refractivity contribution in [2.45, 2.75) is 13.0 Å². The molecule has 146 valence electrons. The molecular weight excluding hydrogens is 364 g/mol. The molecule has 0 fully saturated rings. The molecule has 5 nitrogen and oxygen atoms in total. The molecule has 1 aromatic heterocycles. The summed E-state index contributed by atoms with van der Waals surface area (Å²) in [4.78, 5) is 18.0. The minimum absolute atomic E-state index is 0.0738. The number of ether oxygens (including phenoxy) is 2. The second kappa shape index (κ2) is 7.80. The summed E-state index contributed by atoms with van der Waals surface area (Å²) in [5.74, 6) is 1.53. The van der Waals surface area contributed by atoms with Gasteiger partial charge in [-0.1, -0.05) is 36.4 Å². The Morgan fingerprint density at radius 3 is 1.90 bits per heavy atom. The van der Waals surface area contributed by atoms with Gasteiger partial charge in [0.05, 0.1) is 37.5 Å². The number of methoxy groups -OCH3 is 2. The molecule has 29 heavy (non-hydrogen) atoms. The number of hydrogen-bond acceptors (Lipinski definition) is 4. The van der Waals surface area contributed by atoms with Crippen LogP contribution in [0.25, 0.3) is 10.9 Å². The first-order valence-electron chi connectivity index (χ1n) is 9.36. The number of hydrogen-bond donors (Lipinski definition) is 0. The van der Waals surface area contributed by atoms with E-state index in [9.17, 15) is 4.79 Å². The number of rotatable bonds is 5. The number of fused-ring (bicyclic) bond motifs is 1. The minimum atomic E-state index is -0.322. The first kappa shape index (κ1) is 18.7. The van der Waals surface area contributed by atoms with Gasteiger partial charge in [-0.25, -0.2) is 4.98 Å². The van der Waals surface area contributed by atoms with Gasteiger partial charge in [0, 0.05) is 0 Å². The molecule has 0 N–H and O–H groups in total. The highest BCUT2D eigenvalue weighted by Gasteiger charge is 2.20. The van der Waals surface area contributed by atoms with Crippen LogP contribution in [0.15, 0.2) is 77.9 Å². The van der Waals surface area contributed by atoms with Crippen LogP contribution in [0.1, 0.15) is 22.7 Å². The minimum Gasteiger partial charge on any atom is -0.497 e. The highest BCUT2D eigenvalue weighted by molar-refractivity contribution is 5.80. The van der Waals surface area contributed by atoms with E-state index in [0.29, 0.717) is 5.39 Å². The molecule has 4 rings (SSSR count). The fraction of sp³-hybridized carbons (Fsp3) is 0.167. The zero-order valence-corrected chi connectivity index (χ0v) is 16.6. The summed E-state index contributed by atoms with van der Waals surface area (Å²) in [6.45, 7) is 1.96. The number of aryl methyl sites for hydroxylation is 1. The van der Waals surface area contributed by atoms with Gasteiger partial charge in [0.2, 0.25) is 0 Å². The van der Waals surface area contributed by atoms with Crippen molar-refractivity contribution in [1.29, 1.82) is 0 Å². The van der Waals surface area contributed by atoms with Crippen molar-refractivity contribution in [1.82, 2.24) is 9.55 Å². The van der Waals surface area contributed by atoms with Crippen molar-refractivity contribution in [2.75, 3.05) is 14.2 Å². The van der Waals surface area contributed by atoms with Crippen molar-refractivity contribution in [2.24, 2.45) is 0 Å². The van der Waals surface area contributed by atoms with E-state index in [0.717, 1.165) is 33.7 Å². The van der Waals surface area contributed by atoms with Crippen LogP contribution in [0.3, 0.4) is 0 Å². The van der Waals surface area contributed by atoms with Crippen LogP contribution in [-0.2, 0) is 0 Å². The first-order valence-corrected chi connectivity index (χ1v) is 9.36. The van der Waals surface area contributed by atoms with Crippen molar-refractivity contribution in [3.05, 3.63) is 100 Å². The Morgan fingerprint density at radius 2 is 1.38 bits per heavy atom. The molecule has 0 amide bonds. The van der Waals surface area contributed by atoms with Gasteiger partial charge in [0.25, 0.3) is 5.56 Å². The van der Waals surface area contributed by atoms with Gasteiger partial charge >= 0.3 is 0 Å². The molecule has 0 unspecified atom stereocenters. The van der Waals surface area contributed by atoms with Crippen molar-refractivity contribution < 1.29 is 9.47 Å². The van der Waals surface area contributed by atoms with Gasteiger partial charge in [-0.15, -0.1) is 0 Å². The molecule has 0 bridgehead atoms. The third-order valence-electron chi connectivity index (χ3n) is 5.16. The maximum atomic E-state index is 13.4. The van der Waals surface area contributed by atoms with Gasteiger partial charge in [-0.3, -0.25) is 9.36 Å². The van der Waals surface area contributed by atoms with Crippen molar-refractivity contribution >= 4 is 10.9 Å². The number of benzene rings is 3. The molecule has 5 heteroatoms. The molecule has 4 aromatic rings. The topological polar surface area (TPSA) is 53.4 Å². The Labute approximate surface area is 169 Å². The van der Waals surface area contributed by atoms with Crippen LogP contribution in [0, 0.1) is 6.92 Å². The smallest absolute Gasteiger partial charge is 0.262 e. The molecule has 0 saturated heterocycles.